The molecule has 3 nitrogen and oxygen atoms in total. The predicted octanol–water partition coefficient (Wildman–Crippen LogP) is 3.44. The molecule has 0 saturated heterocycles. The van der Waals surface area contributed by atoms with Crippen molar-refractivity contribution in [2.24, 2.45) is 0 Å². The standard InChI is InChI=1S/C13H10FN3S/c14-10-3-1-2-9(6-10)7-15-12-11-4-5-18-13(11)17-8-16-12/h1-6,8H,7H2,(H,15,16,17). The molecule has 0 saturated carbocycles. The van der Waals surface area contributed by atoms with Crippen LogP contribution in [0.25, 0.3) is 10.2 Å². The van der Waals surface area contributed by atoms with Crippen LogP contribution < -0.4 is 5.32 Å². The average Bonchev–Trinajstić information content (AvgIpc) is 2.85. The van der Waals surface area contributed by atoms with Crippen molar-refractivity contribution in [3.05, 3.63) is 53.4 Å². The van der Waals surface area contributed by atoms with E-state index in [1.54, 1.807) is 17.4 Å². The Kier molecular flexibility index (Phi) is 2.90. The molecule has 0 aliphatic rings. The van der Waals surface area contributed by atoms with Crippen LogP contribution in [0, 0.1) is 5.82 Å². The zero-order chi connectivity index (χ0) is 12.4. The van der Waals surface area contributed by atoms with E-state index in [9.17, 15) is 4.39 Å². The van der Waals surface area contributed by atoms with E-state index in [2.05, 4.69) is 15.3 Å². The van der Waals surface area contributed by atoms with Crippen molar-refractivity contribution >= 4 is 27.4 Å². The molecule has 1 aromatic carbocycles. The van der Waals surface area contributed by atoms with Gasteiger partial charge in [-0.25, -0.2) is 14.4 Å². The molecule has 0 amide bonds. The minimum absolute atomic E-state index is 0.224. The molecule has 5 heteroatoms. The first-order valence-corrected chi connectivity index (χ1v) is 6.37. The fourth-order valence-corrected chi connectivity index (χ4v) is 2.50. The Hall–Kier alpha value is -2.01. The van der Waals surface area contributed by atoms with Crippen molar-refractivity contribution < 1.29 is 4.39 Å². The molecule has 90 valence electrons. The molecule has 0 aliphatic carbocycles. The molecular formula is C13H10FN3S. The van der Waals surface area contributed by atoms with Gasteiger partial charge in [-0.15, -0.1) is 11.3 Å². The molecule has 0 spiro atoms. The van der Waals surface area contributed by atoms with Crippen LogP contribution in [0.1, 0.15) is 5.56 Å². The van der Waals surface area contributed by atoms with E-state index >= 15 is 0 Å². The lowest BCUT2D eigenvalue weighted by Gasteiger charge is -2.06. The molecule has 0 unspecified atom stereocenters. The molecule has 3 aromatic rings. The molecule has 2 heterocycles. The van der Waals surface area contributed by atoms with Gasteiger partial charge in [-0.3, -0.25) is 0 Å². The molecule has 2 aromatic heterocycles. The Labute approximate surface area is 107 Å². The average molecular weight is 259 g/mol. The maximum absolute atomic E-state index is 13.0. The number of nitrogens with zero attached hydrogens (tertiary/aromatic N) is 2. The third-order valence-electron chi connectivity index (χ3n) is 2.61. The van der Waals surface area contributed by atoms with Crippen LogP contribution >= 0.6 is 11.3 Å². The van der Waals surface area contributed by atoms with Crippen LogP contribution in [-0.2, 0) is 6.54 Å². The number of halogens is 1. The maximum Gasteiger partial charge on any atom is 0.138 e. The third-order valence-corrected chi connectivity index (χ3v) is 3.43. The normalized spacial score (nSPS) is 10.7. The van der Waals surface area contributed by atoms with Crippen LogP contribution in [0.5, 0.6) is 0 Å². The van der Waals surface area contributed by atoms with E-state index in [0.717, 1.165) is 21.6 Å². The molecule has 0 radical (unpaired) electrons. The van der Waals surface area contributed by atoms with Crippen LogP contribution in [0.15, 0.2) is 42.0 Å². The number of rotatable bonds is 3. The summed E-state index contributed by atoms with van der Waals surface area (Å²) < 4.78 is 13.0. The van der Waals surface area contributed by atoms with Gasteiger partial charge in [0.1, 0.15) is 22.8 Å². The van der Waals surface area contributed by atoms with Crippen molar-refractivity contribution in [3.63, 3.8) is 0 Å². The van der Waals surface area contributed by atoms with E-state index in [-0.39, 0.29) is 5.82 Å². The highest BCUT2D eigenvalue weighted by Gasteiger charge is 2.04. The van der Waals surface area contributed by atoms with Crippen molar-refractivity contribution in [1.82, 2.24) is 9.97 Å². The topological polar surface area (TPSA) is 37.8 Å². The van der Waals surface area contributed by atoms with Gasteiger partial charge >= 0.3 is 0 Å². The summed E-state index contributed by atoms with van der Waals surface area (Å²) in [4.78, 5) is 9.34. The number of aromatic nitrogens is 2. The van der Waals surface area contributed by atoms with Crippen molar-refractivity contribution in [2.45, 2.75) is 6.54 Å². The Morgan fingerprint density at radius 1 is 1.22 bits per heavy atom. The minimum atomic E-state index is -0.224. The lowest BCUT2D eigenvalue weighted by atomic mass is 10.2. The van der Waals surface area contributed by atoms with Gasteiger partial charge in [0.2, 0.25) is 0 Å². The number of fused-ring (bicyclic) bond motifs is 1. The van der Waals surface area contributed by atoms with E-state index in [1.807, 2.05) is 17.5 Å². The van der Waals surface area contributed by atoms with Crippen LogP contribution in [0.3, 0.4) is 0 Å². The third kappa shape index (κ3) is 2.17. The lowest BCUT2D eigenvalue weighted by molar-refractivity contribution is 0.626. The number of anilines is 1. The molecular weight excluding hydrogens is 249 g/mol. The van der Waals surface area contributed by atoms with Crippen LogP contribution in [0.2, 0.25) is 0 Å². The van der Waals surface area contributed by atoms with E-state index in [0.29, 0.717) is 6.54 Å². The predicted molar refractivity (Wildman–Crippen MR) is 71.1 cm³/mol. The Balaban J connectivity index is 1.83. The number of nitrogens with one attached hydrogen (secondary N) is 1. The van der Waals surface area contributed by atoms with Gasteiger partial charge in [-0.1, -0.05) is 12.1 Å². The molecule has 1 N–H and O–H groups in total. The number of thiophene rings is 1. The SMILES string of the molecule is Fc1cccc(CNc2ncnc3sccc23)c1. The second-order valence-electron chi connectivity index (χ2n) is 3.85. The fraction of sp³-hybridized carbons (Fsp3) is 0.0769. The Morgan fingerprint density at radius 2 is 2.17 bits per heavy atom. The smallest absolute Gasteiger partial charge is 0.138 e. The summed E-state index contributed by atoms with van der Waals surface area (Å²) in [5.41, 5.74) is 0.886. The minimum Gasteiger partial charge on any atom is -0.365 e. The van der Waals surface area contributed by atoms with E-state index < -0.39 is 0 Å². The van der Waals surface area contributed by atoms with Crippen LogP contribution in [-0.4, -0.2) is 9.97 Å². The lowest BCUT2D eigenvalue weighted by Crippen LogP contribution is -2.02. The second kappa shape index (κ2) is 4.70. The number of hydrogen-bond donors (Lipinski definition) is 1. The Morgan fingerprint density at radius 3 is 3.06 bits per heavy atom. The summed E-state index contributed by atoms with van der Waals surface area (Å²) in [6.07, 6.45) is 1.53. The van der Waals surface area contributed by atoms with Crippen LogP contribution in [0.4, 0.5) is 10.2 Å². The van der Waals surface area contributed by atoms with E-state index in [4.69, 9.17) is 0 Å². The highest BCUT2D eigenvalue weighted by atomic mass is 32.1. The number of benzene rings is 1. The summed E-state index contributed by atoms with van der Waals surface area (Å²) in [5.74, 6) is 0.558. The molecule has 0 fully saturated rings. The maximum atomic E-state index is 13.0. The fourth-order valence-electron chi connectivity index (χ4n) is 1.76. The second-order valence-corrected chi connectivity index (χ2v) is 4.74. The van der Waals surface area contributed by atoms with Gasteiger partial charge in [0.15, 0.2) is 0 Å². The Bertz CT molecular complexity index is 681. The molecule has 3 rings (SSSR count). The zero-order valence-corrected chi connectivity index (χ0v) is 10.2. The van der Waals surface area contributed by atoms with Gasteiger partial charge < -0.3 is 5.32 Å². The van der Waals surface area contributed by atoms with Gasteiger partial charge in [0.25, 0.3) is 0 Å². The first-order chi connectivity index (χ1) is 8.83. The summed E-state index contributed by atoms with van der Waals surface area (Å²) in [5, 5.41) is 6.18. The van der Waals surface area contributed by atoms with Gasteiger partial charge in [-0.05, 0) is 29.1 Å². The molecule has 0 aliphatic heterocycles. The van der Waals surface area contributed by atoms with Gasteiger partial charge in [0, 0.05) is 6.54 Å². The summed E-state index contributed by atoms with van der Waals surface area (Å²) in [7, 11) is 0. The first-order valence-electron chi connectivity index (χ1n) is 5.49. The van der Waals surface area contributed by atoms with Gasteiger partial charge in [0.05, 0.1) is 5.39 Å². The first kappa shape index (κ1) is 11.1. The zero-order valence-electron chi connectivity index (χ0n) is 9.43. The summed E-state index contributed by atoms with van der Waals surface area (Å²) in [6, 6.07) is 8.51. The van der Waals surface area contributed by atoms with Crippen molar-refractivity contribution in [1.29, 1.82) is 0 Å². The number of hydrogen-bond acceptors (Lipinski definition) is 4. The summed E-state index contributed by atoms with van der Waals surface area (Å²) in [6.45, 7) is 0.541. The highest BCUT2D eigenvalue weighted by molar-refractivity contribution is 7.16. The van der Waals surface area contributed by atoms with E-state index in [1.165, 1.54) is 18.5 Å². The summed E-state index contributed by atoms with van der Waals surface area (Å²) >= 11 is 1.57. The molecule has 0 atom stereocenters. The quantitative estimate of drug-likeness (QED) is 0.783. The highest BCUT2D eigenvalue weighted by Crippen LogP contribution is 2.24. The van der Waals surface area contributed by atoms with Crippen molar-refractivity contribution in [2.75, 3.05) is 5.32 Å². The molecule has 18 heavy (non-hydrogen) atoms. The van der Waals surface area contributed by atoms with Crippen molar-refractivity contribution in [3.8, 4) is 0 Å². The monoisotopic (exact) mass is 259 g/mol. The molecule has 0 bridgehead atoms. The largest absolute Gasteiger partial charge is 0.365 e. The van der Waals surface area contributed by atoms with Gasteiger partial charge in [-0.2, -0.15) is 0 Å².